The Balaban J connectivity index is 1.96. The zero-order chi connectivity index (χ0) is 14.2. The smallest absolute Gasteiger partial charge is 0.185 e. The Hall–Kier alpha value is -2.66. The van der Waals surface area contributed by atoms with E-state index in [-0.39, 0.29) is 0 Å². The Morgan fingerprint density at radius 2 is 1.71 bits per heavy atom. The summed E-state index contributed by atoms with van der Waals surface area (Å²) in [6.45, 7) is 0. The van der Waals surface area contributed by atoms with Gasteiger partial charge >= 0.3 is 0 Å². The third-order valence-corrected chi connectivity index (χ3v) is 3.62. The number of aromatic nitrogens is 4. The van der Waals surface area contributed by atoms with Crippen molar-refractivity contribution < 1.29 is 0 Å². The van der Waals surface area contributed by atoms with Crippen LogP contribution in [0.2, 0.25) is 5.02 Å². The summed E-state index contributed by atoms with van der Waals surface area (Å²) in [5.41, 5.74) is 1.54. The lowest BCUT2D eigenvalue weighted by Gasteiger charge is -2.10. The van der Waals surface area contributed by atoms with Crippen LogP contribution >= 0.6 is 11.6 Å². The molecule has 4 rings (SSSR count). The largest absolute Gasteiger partial charge is 0.337 e. The molecule has 0 amide bonds. The third kappa shape index (κ3) is 1.98. The van der Waals surface area contributed by atoms with E-state index in [9.17, 15) is 0 Å². The van der Waals surface area contributed by atoms with Crippen molar-refractivity contribution in [3.63, 3.8) is 0 Å². The van der Waals surface area contributed by atoms with E-state index in [1.54, 1.807) is 10.8 Å². The minimum Gasteiger partial charge on any atom is -0.337 e. The molecule has 0 aliphatic carbocycles. The van der Waals surface area contributed by atoms with Crippen LogP contribution in [0.4, 0.5) is 11.5 Å². The molecule has 6 heteroatoms. The summed E-state index contributed by atoms with van der Waals surface area (Å²) in [5, 5.41) is 18.4. The molecule has 0 atom stereocenters. The fourth-order valence-corrected chi connectivity index (χ4v) is 2.49. The van der Waals surface area contributed by atoms with Crippen LogP contribution in [-0.2, 0) is 0 Å². The summed E-state index contributed by atoms with van der Waals surface area (Å²) in [4.78, 5) is 0. The van der Waals surface area contributed by atoms with Gasteiger partial charge in [-0.3, -0.25) is 0 Å². The maximum Gasteiger partial charge on any atom is 0.185 e. The van der Waals surface area contributed by atoms with Crippen molar-refractivity contribution in [2.24, 2.45) is 0 Å². The second-order valence-electron chi connectivity index (χ2n) is 4.60. The molecule has 0 aliphatic rings. The molecule has 2 aromatic carbocycles. The second-order valence-corrected chi connectivity index (χ2v) is 5.01. The molecule has 1 N–H and O–H groups in total. The van der Waals surface area contributed by atoms with Crippen LogP contribution in [0.5, 0.6) is 0 Å². The number of fused-ring (bicyclic) bond motifs is 3. The van der Waals surface area contributed by atoms with Crippen molar-refractivity contribution in [2.45, 2.75) is 0 Å². The lowest BCUT2D eigenvalue weighted by molar-refractivity contribution is 0.941. The van der Waals surface area contributed by atoms with Crippen molar-refractivity contribution in [2.75, 3.05) is 5.32 Å². The molecule has 0 bridgehead atoms. The first-order valence-electron chi connectivity index (χ1n) is 6.43. The van der Waals surface area contributed by atoms with E-state index in [0.29, 0.717) is 10.8 Å². The molecule has 0 aliphatic heterocycles. The number of para-hydroxylation sites is 1. The number of rotatable bonds is 2. The predicted molar refractivity (Wildman–Crippen MR) is 83.0 cm³/mol. The van der Waals surface area contributed by atoms with Gasteiger partial charge in [-0.05, 0) is 12.1 Å². The van der Waals surface area contributed by atoms with Gasteiger partial charge in [0.05, 0.1) is 10.7 Å². The van der Waals surface area contributed by atoms with Gasteiger partial charge in [-0.25, -0.2) is 0 Å². The fraction of sp³-hybridized carbons (Fsp3) is 0. The van der Waals surface area contributed by atoms with E-state index in [2.05, 4.69) is 20.6 Å². The van der Waals surface area contributed by atoms with Crippen LogP contribution in [0.15, 0.2) is 54.9 Å². The van der Waals surface area contributed by atoms with Crippen molar-refractivity contribution in [3.05, 3.63) is 59.9 Å². The lowest BCUT2D eigenvalue weighted by atomic mass is 10.2. The van der Waals surface area contributed by atoms with E-state index in [0.717, 1.165) is 22.1 Å². The normalized spacial score (nSPS) is 11.1. The Morgan fingerprint density at radius 1 is 0.952 bits per heavy atom. The number of anilines is 2. The Bertz CT molecular complexity index is 947. The number of hydrogen-bond donors (Lipinski definition) is 1. The van der Waals surface area contributed by atoms with Gasteiger partial charge < -0.3 is 5.32 Å². The highest BCUT2D eigenvalue weighted by atomic mass is 35.5. The molecule has 0 fully saturated rings. The molecule has 0 unspecified atom stereocenters. The number of halogens is 1. The number of nitrogens with one attached hydrogen (secondary N) is 1. The molecular formula is C15H10ClN5. The number of hydrogen-bond acceptors (Lipinski definition) is 4. The second kappa shape index (κ2) is 4.71. The van der Waals surface area contributed by atoms with Crippen molar-refractivity contribution in [1.82, 2.24) is 19.8 Å². The Morgan fingerprint density at radius 3 is 2.57 bits per heavy atom. The monoisotopic (exact) mass is 295 g/mol. The lowest BCUT2D eigenvalue weighted by Crippen LogP contribution is -2.00. The van der Waals surface area contributed by atoms with Crippen LogP contribution in [0.25, 0.3) is 16.4 Å². The van der Waals surface area contributed by atoms with Crippen LogP contribution in [0.1, 0.15) is 0 Å². The summed E-state index contributed by atoms with van der Waals surface area (Å²) in [6.07, 6.45) is 1.58. The number of nitrogens with zero attached hydrogens (tertiary/aromatic N) is 4. The van der Waals surface area contributed by atoms with Gasteiger partial charge in [0.15, 0.2) is 11.5 Å². The molecule has 2 aromatic heterocycles. The van der Waals surface area contributed by atoms with Crippen LogP contribution < -0.4 is 5.32 Å². The van der Waals surface area contributed by atoms with Crippen molar-refractivity contribution >= 4 is 39.5 Å². The first kappa shape index (κ1) is 12.1. The van der Waals surface area contributed by atoms with E-state index < -0.39 is 0 Å². The first-order chi connectivity index (χ1) is 10.3. The zero-order valence-corrected chi connectivity index (χ0v) is 11.6. The quantitative estimate of drug-likeness (QED) is 0.613. The maximum absolute atomic E-state index is 6.20. The molecule has 5 nitrogen and oxygen atoms in total. The molecule has 102 valence electrons. The summed E-state index contributed by atoms with van der Waals surface area (Å²) >= 11 is 6.20. The maximum atomic E-state index is 6.20. The fourth-order valence-electron chi connectivity index (χ4n) is 2.31. The molecule has 2 heterocycles. The van der Waals surface area contributed by atoms with Gasteiger partial charge in [-0.2, -0.15) is 4.52 Å². The van der Waals surface area contributed by atoms with E-state index in [1.807, 2.05) is 48.5 Å². The van der Waals surface area contributed by atoms with Crippen LogP contribution in [0, 0.1) is 0 Å². The summed E-state index contributed by atoms with van der Waals surface area (Å²) in [6, 6.07) is 15.5. The number of benzene rings is 2. The summed E-state index contributed by atoms with van der Waals surface area (Å²) in [7, 11) is 0. The average Bonchev–Trinajstić information content (AvgIpc) is 2.98. The standard InChI is InChI=1S/C15H10ClN5/c16-12-7-3-4-8-13(12)18-14-10-5-1-2-6-11(10)15-19-17-9-21(15)20-14/h1-9H,(H,18,20). The Labute approximate surface area is 125 Å². The highest BCUT2D eigenvalue weighted by Crippen LogP contribution is 2.29. The minimum atomic E-state index is 0.646. The summed E-state index contributed by atoms with van der Waals surface area (Å²) in [5.74, 6) is 0.714. The molecule has 4 aromatic rings. The zero-order valence-electron chi connectivity index (χ0n) is 10.9. The SMILES string of the molecule is Clc1ccccc1Nc1nn2cnnc2c2ccccc12. The van der Waals surface area contributed by atoms with Crippen molar-refractivity contribution in [3.8, 4) is 0 Å². The van der Waals surface area contributed by atoms with Gasteiger partial charge in [0, 0.05) is 10.8 Å². The van der Waals surface area contributed by atoms with Gasteiger partial charge in [0.25, 0.3) is 0 Å². The van der Waals surface area contributed by atoms with Crippen molar-refractivity contribution in [1.29, 1.82) is 0 Å². The highest BCUT2D eigenvalue weighted by Gasteiger charge is 2.10. The molecule has 0 radical (unpaired) electrons. The molecule has 0 saturated carbocycles. The third-order valence-electron chi connectivity index (χ3n) is 3.29. The van der Waals surface area contributed by atoms with Gasteiger partial charge in [0.2, 0.25) is 0 Å². The molecule has 0 spiro atoms. The molecule has 0 saturated heterocycles. The summed E-state index contributed by atoms with van der Waals surface area (Å²) < 4.78 is 1.65. The van der Waals surface area contributed by atoms with E-state index >= 15 is 0 Å². The van der Waals surface area contributed by atoms with E-state index in [4.69, 9.17) is 11.6 Å². The first-order valence-corrected chi connectivity index (χ1v) is 6.81. The predicted octanol–water partition coefficient (Wildman–Crippen LogP) is 3.67. The van der Waals surface area contributed by atoms with Gasteiger partial charge in [-0.1, -0.05) is 48.0 Å². The molecule has 21 heavy (non-hydrogen) atoms. The topological polar surface area (TPSA) is 55.1 Å². The Kier molecular flexibility index (Phi) is 2.72. The van der Waals surface area contributed by atoms with Crippen LogP contribution in [0.3, 0.4) is 0 Å². The highest BCUT2D eigenvalue weighted by molar-refractivity contribution is 6.33. The van der Waals surface area contributed by atoms with Gasteiger partial charge in [-0.15, -0.1) is 15.3 Å². The molecular weight excluding hydrogens is 286 g/mol. The average molecular weight is 296 g/mol. The van der Waals surface area contributed by atoms with E-state index in [1.165, 1.54) is 0 Å². The minimum absolute atomic E-state index is 0.646. The van der Waals surface area contributed by atoms with Crippen LogP contribution in [-0.4, -0.2) is 19.8 Å². The van der Waals surface area contributed by atoms with Gasteiger partial charge in [0.1, 0.15) is 6.33 Å².